The maximum atomic E-state index is 12.0. The number of aromatic nitrogens is 2. The third kappa shape index (κ3) is 3.77. The largest absolute Gasteiger partial charge is 0.480 e. The van der Waals surface area contributed by atoms with E-state index in [1.54, 1.807) is 25.3 Å². The van der Waals surface area contributed by atoms with E-state index in [4.69, 9.17) is 4.74 Å². The van der Waals surface area contributed by atoms with Gasteiger partial charge in [-0.15, -0.1) is 0 Å². The summed E-state index contributed by atoms with van der Waals surface area (Å²) in [6.07, 6.45) is 0.940. The molecule has 2 aromatic rings. The number of halogens is 1. The molecule has 0 aliphatic heterocycles. The molecule has 1 atom stereocenters. The Bertz CT molecular complexity index is 619. The summed E-state index contributed by atoms with van der Waals surface area (Å²) in [6.45, 7) is 3.50. The minimum Gasteiger partial charge on any atom is -0.480 e. The molecule has 1 aromatic carbocycles. The molecule has 0 saturated heterocycles. The third-order valence-electron chi connectivity index (χ3n) is 2.54. The highest BCUT2D eigenvalue weighted by Gasteiger charge is 2.16. The van der Waals surface area contributed by atoms with Crippen molar-refractivity contribution >= 4 is 27.8 Å². The van der Waals surface area contributed by atoms with Crippen LogP contribution in [0.1, 0.15) is 12.6 Å². The first kappa shape index (κ1) is 14.5. The summed E-state index contributed by atoms with van der Waals surface area (Å²) in [5.41, 5.74) is 0.787. The Kier molecular flexibility index (Phi) is 4.68. The molecule has 6 heteroatoms. The number of hydrogen-bond donors (Lipinski definition) is 1. The van der Waals surface area contributed by atoms with Gasteiger partial charge in [0.05, 0.1) is 4.47 Å². The Morgan fingerprint density at radius 3 is 2.80 bits per heavy atom. The molecule has 0 aliphatic rings. The van der Waals surface area contributed by atoms with E-state index >= 15 is 0 Å². The Morgan fingerprint density at radius 1 is 1.35 bits per heavy atom. The fraction of sp³-hybridized carbons (Fsp3) is 0.214. The summed E-state index contributed by atoms with van der Waals surface area (Å²) in [5.74, 6) is 0.587. The topological polar surface area (TPSA) is 64.1 Å². The van der Waals surface area contributed by atoms with E-state index in [1.807, 2.05) is 25.1 Å². The zero-order valence-electron chi connectivity index (χ0n) is 11.1. The van der Waals surface area contributed by atoms with Crippen LogP contribution in [0.3, 0.4) is 0 Å². The van der Waals surface area contributed by atoms with Crippen molar-refractivity contribution in [3.63, 3.8) is 0 Å². The summed E-state index contributed by atoms with van der Waals surface area (Å²) in [4.78, 5) is 20.1. The number of anilines is 1. The number of amides is 1. The predicted octanol–water partition coefficient (Wildman–Crippen LogP) is 2.95. The molecule has 1 aromatic heterocycles. The number of rotatable bonds is 4. The highest BCUT2D eigenvalue weighted by atomic mass is 79.9. The SMILES string of the molecule is Cc1ccnc(NC(=O)[C@@H](C)Oc2ccccc2Br)n1. The third-order valence-corrected chi connectivity index (χ3v) is 3.19. The summed E-state index contributed by atoms with van der Waals surface area (Å²) in [6, 6.07) is 9.12. The summed E-state index contributed by atoms with van der Waals surface area (Å²) in [5, 5.41) is 2.62. The van der Waals surface area contributed by atoms with Gasteiger partial charge in [0.1, 0.15) is 5.75 Å². The van der Waals surface area contributed by atoms with Crippen molar-refractivity contribution in [2.45, 2.75) is 20.0 Å². The lowest BCUT2D eigenvalue weighted by molar-refractivity contribution is -0.122. The van der Waals surface area contributed by atoms with Crippen molar-refractivity contribution in [3.05, 3.63) is 46.7 Å². The standard InChI is InChI=1S/C14H14BrN3O2/c1-9-7-8-16-14(17-9)18-13(19)10(2)20-12-6-4-3-5-11(12)15/h3-8,10H,1-2H3,(H,16,17,18,19)/t10-/m1/s1. The number of para-hydroxylation sites is 1. The van der Waals surface area contributed by atoms with Gasteiger partial charge in [0.2, 0.25) is 5.95 Å². The molecule has 1 heterocycles. The minimum absolute atomic E-state index is 0.276. The normalized spacial score (nSPS) is 11.8. The Labute approximate surface area is 125 Å². The minimum atomic E-state index is -0.655. The molecule has 104 valence electrons. The molecule has 0 saturated carbocycles. The van der Waals surface area contributed by atoms with Crippen LogP contribution in [0.15, 0.2) is 41.0 Å². The lowest BCUT2D eigenvalue weighted by Gasteiger charge is -2.15. The van der Waals surface area contributed by atoms with Crippen LogP contribution in [0, 0.1) is 6.92 Å². The van der Waals surface area contributed by atoms with Crippen molar-refractivity contribution in [1.82, 2.24) is 9.97 Å². The van der Waals surface area contributed by atoms with Gasteiger partial charge in [-0.2, -0.15) is 0 Å². The molecule has 20 heavy (non-hydrogen) atoms. The second kappa shape index (κ2) is 6.47. The Hall–Kier alpha value is -1.95. The van der Waals surface area contributed by atoms with Crippen molar-refractivity contribution in [2.75, 3.05) is 5.32 Å². The predicted molar refractivity (Wildman–Crippen MR) is 79.6 cm³/mol. The number of benzene rings is 1. The highest BCUT2D eigenvalue weighted by Crippen LogP contribution is 2.24. The van der Waals surface area contributed by atoms with Crippen molar-refractivity contribution in [2.24, 2.45) is 0 Å². The average Bonchev–Trinajstić information content (AvgIpc) is 2.41. The van der Waals surface area contributed by atoms with Crippen molar-refractivity contribution in [1.29, 1.82) is 0 Å². The van der Waals surface area contributed by atoms with Crippen LogP contribution in [0.5, 0.6) is 5.75 Å². The highest BCUT2D eigenvalue weighted by molar-refractivity contribution is 9.10. The van der Waals surface area contributed by atoms with Crippen LogP contribution in [-0.4, -0.2) is 22.0 Å². The second-order valence-corrected chi connectivity index (χ2v) is 5.06. The Morgan fingerprint density at radius 2 is 2.10 bits per heavy atom. The molecule has 0 bridgehead atoms. The first-order chi connectivity index (χ1) is 9.56. The number of aryl methyl sites for hydroxylation is 1. The van der Waals surface area contributed by atoms with Crippen LogP contribution < -0.4 is 10.1 Å². The zero-order chi connectivity index (χ0) is 14.5. The number of nitrogens with zero attached hydrogens (tertiary/aromatic N) is 2. The van der Waals surface area contributed by atoms with E-state index in [-0.39, 0.29) is 11.9 Å². The fourth-order valence-corrected chi connectivity index (χ4v) is 1.88. The zero-order valence-corrected chi connectivity index (χ0v) is 12.7. The van der Waals surface area contributed by atoms with E-state index in [0.29, 0.717) is 5.75 Å². The summed E-state index contributed by atoms with van der Waals surface area (Å²) < 4.78 is 6.39. The van der Waals surface area contributed by atoms with Crippen molar-refractivity contribution in [3.8, 4) is 5.75 Å². The summed E-state index contributed by atoms with van der Waals surface area (Å²) >= 11 is 3.37. The van der Waals surface area contributed by atoms with Gasteiger partial charge in [-0.1, -0.05) is 12.1 Å². The quantitative estimate of drug-likeness (QED) is 0.932. The van der Waals surface area contributed by atoms with Crippen LogP contribution in [0.2, 0.25) is 0 Å². The van der Waals surface area contributed by atoms with E-state index in [9.17, 15) is 4.79 Å². The van der Waals surface area contributed by atoms with E-state index in [2.05, 4.69) is 31.2 Å². The van der Waals surface area contributed by atoms with Crippen LogP contribution in [-0.2, 0) is 4.79 Å². The molecule has 1 N–H and O–H groups in total. The number of ether oxygens (including phenoxy) is 1. The van der Waals surface area contributed by atoms with E-state index in [1.165, 1.54) is 0 Å². The molecule has 0 unspecified atom stereocenters. The Balaban J connectivity index is 2.01. The van der Waals surface area contributed by atoms with Crippen LogP contribution >= 0.6 is 15.9 Å². The maximum absolute atomic E-state index is 12.0. The molecule has 5 nitrogen and oxygen atoms in total. The van der Waals surface area contributed by atoms with Gasteiger partial charge in [0.25, 0.3) is 5.91 Å². The van der Waals surface area contributed by atoms with Gasteiger partial charge in [-0.3, -0.25) is 10.1 Å². The number of nitrogens with one attached hydrogen (secondary N) is 1. The molecular weight excluding hydrogens is 322 g/mol. The molecular formula is C14H14BrN3O2. The van der Waals surface area contributed by atoms with Crippen LogP contribution in [0.25, 0.3) is 0 Å². The van der Waals surface area contributed by atoms with E-state index in [0.717, 1.165) is 10.2 Å². The molecule has 0 spiro atoms. The van der Waals surface area contributed by atoms with Gasteiger partial charge in [-0.25, -0.2) is 9.97 Å². The summed E-state index contributed by atoms with van der Waals surface area (Å²) in [7, 11) is 0. The lowest BCUT2D eigenvalue weighted by Crippen LogP contribution is -2.31. The van der Waals surface area contributed by atoms with Gasteiger partial charge < -0.3 is 4.74 Å². The van der Waals surface area contributed by atoms with Gasteiger partial charge in [0, 0.05) is 11.9 Å². The number of hydrogen-bond acceptors (Lipinski definition) is 4. The smallest absolute Gasteiger partial charge is 0.267 e. The first-order valence-electron chi connectivity index (χ1n) is 6.08. The maximum Gasteiger partial charge on any atom is 0.267 e. The first-order valence-corrected chi connectivity index (χ1v) is 6.87. The molecule has 0 aliphatic carbocycles. The molecule has 1 amide bonds. The van der Waals surface area contributed by atoms with E-state index < -0.39 is 6.10 Å². The van der Waals surface area contributed by atoms with Gasteiger partial charge >= 0.3 is 0 Å². The monoisotopic (exact) mass is 335 g/mol. The second-order valence-electron chi connectivity index (χ2n) is 4.20. The number of carbonyl (C=O) groups excluding carboxylic acids is 1. The van der Waals surface area contributed by atoms with Gasteiger partial charge in [-0.05, 0) is 48.0 Å². The number of carbonyl (C=O) groups is 1. The lowest BCUT2D eigenvalue weighted by atomic mass is 10.3. The average molecular weight is 336 g/mol. The van der Waals surface area contributed by atoms with Gasteiger partial charge in [0.15, 0.2) is 6.10 Å². The molecule has 0 radical (unpaired) electrons. The van der Waals surface area contributed by atoms with Crippen molar-refractivity contribution < 1.29 is 9.53 Å². The molecule has 0 fully saturated rings. The fourth-order valence-electron chi connectivity index (χ4n) is 1.51. The molecule has 2 rings (SSSR count). The van der Waals surface area contributed by atoms with Crippen LogP contribution in [0.4, 0.5) is 5.95 Å².